The number of imide groups is 1. The molecule has 6 atom stereocenters. The van der Waals surface area contributed by atoms with E-state index >= 15 is 0 Å². The van der Waals surface area contributed by atoms with E-state index in [9.17, 15) is 19.2 Å². The number of cyclic esters (lactones) is 2. The number of benzene rings is 2. The predicted molar refractivity (Wildman–Crippen MR) is 365 cm³/mol. The molecule has 2 aliphatic rings. The van der Waals surface area contributed by atoms with Gasteiger partial charge >= 0.3 is 18.0 Å². The van der Waals surface area contributed by atoms with Gasteiger partial charge in [0.2, 0.25) is 0 Å². The van der Waals surface area contributed by atoms with Gasteiger partial charge in [-0.15, -0.1) is 0 Å². The number of rotatable bonds is 17. The largest absolute Gasteiger partial charge is 0.543 e. The second kappa shape index (κ2) is 30.6. The van der Waals surface area contributed by atoms with Crippen molar-refractivity contribution in [2.24, 2.45) is 11.8 Å². The highest BCUT2D eigenvalue weighted by molar-refractivity contribution is 6.75. The summed E-state index contributed by atoms with van der Waals surface area (Å²) in [6, 6.07) is 10.8. The van der Waals surface area contributed by atoms with Crippen molar-refractivity contribution in [1.82, 2.24) is 10.2 Å². The van der Waals surface area contributed by atoms with Crippen LogP contribution in [0.5, 0.6) is 11.5 Å². The molecular weight excluding hydrogens is 1140 g/mol. The number of urea groups is 1. The molecule has 0 saturated heterocycles. The van der Waals surface area contributed by atoms with Crippen LogP contribution in [0.3, 0.4) is 0 Å². The highest BCUT2D eigenvalue weighted by Crippen LogP contribution is 2.44. The van der Waals surface area contributed by atoms with E-state index in [-0.39, 0.29) is 57.0 Å². The fraction of sp³-hybridized carbons (Fsp3) is 0.600. The number of fused-ring (bicyclic) bond motifs is 2. The maximum absolute atomic E-state index is 14.9. The lowest BCUT2D eigenvalue weighted by Gasteiger charge is -2.41. The van der Waals surface area contributed by atoms with Gasteiger partial charge in [-0.25, -0.2) is 19.3 Å². The van der Waals surface area contributed by atoms with E-state index in [0.29, 0.717) is 48.3 Å². The summed E-state index contributed by atoms with van der Waals surface area (Å²) in [6.07, 6.45) is 24.4. The normalized spacial score (nSPS) is 22.2. The van der Waals surface area contributed by atoms with Gasteiger partial charge in [-0.2, -0.15) is 0 Å². The number of allylic oxidation sites excluding steroid dienone is 7. The number of nitrogens with one attached hydrogen (secondary N) is 1. The Morgan fingerprint density at radius 2 is 0.988 bits per heavy atom. The van der Waals surface area contributed by atoms with Crippen LogP contribution in [0.15, 0.2) is 110 Å². The van der Waals surface area contributed by atoms with Gasteiger partial charge in [-0.1, -0.05) is 183 Å². The minimum atomic E-state index is -2.41. The summed E-state index contributed by atoms with van der Waals surface area (Å²) < 4.78 is 41.4. The molecule has 0 radical (unpaired) electrons. The minimum Gasteiger partial charge on any atom is -0.543 e. The van der Waals surface area contributed by atoms with Gasteiger partial charge in [-0.3, -0.25) is 4.79 Å². The first kappa shape index (κ1) is 73.6. The van der Waals surface area contributed by atoms with Crippen molar-refractivity contribution in [3.63, 3.8) is 0 Å². The van der Waals surface area contributed by atoms with Crippen molar-refractivity contribution in [2.75, 3.05) is 0 Å². The third kappa shape index (κ3) is 20.9. The lowest BCUT2D eigenvalue weighted by molar-refractivity contribution is -0.121. The number of carbonyl (C=O) groups is 4. The molecule has 2 aromatic carbocycles. The summed E-state index contributed by atoms with van der Waals surface area (Å²) in [6.45, 7) is 50.4. The Balaban J connectivity index is 1.77. The standard InChI is InChI=1S/C70H112N2O10Si4/c1-24-25-26-27-46-61(73)72(48-35-43-56-50-60(82-86(22,23)70(13,14)15)52(3)37-29-31-39-54-41-33-45-58(63(54)65(75)78-56)80-84(18,19)68(7,8)9)66(76)71-47-34-42-55-49-59(81-85(20,21)69(10,11)12)51(2)36-28-30-38-53-40-32-44-57(62(53)64(74)77-55)79-83(16,17)67(4,5)6/h25-35,40-41,44-48,51-52,55-56,59-60H,24,36-39,42-43,49-50H2,1-23H3,(H,71,76)/b26-25?,30-28+,31-29+,46-27-,47-34+,48-35+/t51-,52-,55-,56?,59+,60+/m0/s1. The fourth-order valence-corrected chi connectivity index (χ4v) is 13.9. The third-order valence-corrected chi connectivity index (χ3v) is 36.6. The molecule has 3 amide bonds. The number of carbonyl (C=O) groups excluding carboxylic acids is 4. The van der Waals surface area contributed by atoms with Crippen LogP contribution in [0, 0.1) is 11.8 Å². The minimum absolute atomic E-state index is 0.0673. The molecular formula is C70H112N2O10Si4. The molecule has 86 heavy (non-hydrogen) atoms. The van der Waals surface area contributed by atoms with E-state index in [4.69, 9.17) is 27.2 Å². The van der Waals surface area contributed by atoms with E-state index < -0.39 is 69.4 Å². The Morgan fingerprint density at radius 1 is 0.581 bits per heavy atom. The Kier molecular flexibility index (Phi) is 26.2. The van der Waals surface area contributed by atoms with Crippen LogP contribution in [-0.4, -0.2) is 86.5 Å². The molecule has 12 nitrogen and oxygen atoms in total. The van der Waals surface area contributed by atoms with Crippen LogP contribution < -0.4 is 14.2 Å². The molecule has 0 saturated carbocycles. The molecule has 0 aliphatic carbocycles. The third-order valence-electron chi connectivity index (χ3n) is 18.9. The van der Waals surface area contributed by atoms with Crippen LogP contribution in [0.4, 0.5) is 4.79 Å². The number of ether oxygens (including phenoxy) is 2. The first-order chi connectivity index (χ1) is 39.6. The molecule has 1 unspecified atom stereocenters. The van der Waals surface area contributed by atoms with Gasteiger partial charge in [0.25, 0.3) is 22.5 Å². The molecule has 16 heteroatoms. The van der Waals surface area contributed by atoms with Crippen LogP contribution in [0.2, 0.25) is 72.5 Å². The monoisotopic (exact) mass is 1250 g/mol. The number of hydrogen-bond donors (Lipinski definition) is 1. The smallest absolute Gasteiger partial charge is 0.342 e. The van der Waals surface area contributed by atoms with E-state index in [0.717, 1.165) is 35.3 Å². The average Bonchev–Trinajstić information content (AvgIpc) is 2.22. The van der Waals surface area contributed by atoms with Gasteiger partial charge in [0.1, 0.15) is 34.8 Å². The summed E-state index contributed by atoms with van der Waals surface area (Å²) in [7, 11) is -9.44. The maximum atomic E-state index is 14.9. The predicted octanol–water partition coefficient (Wildman–Crippen LogP) is 18.9. The van der Waals surface area contributed by atoms with Gasteiger partial charge in [0.05, 0.1) is 12.2 Å². The first-order valence-corrected chi connectivity index (χ1v) is 43.2. The van der Waals surface area contributed by atoms with Gasteiger partial charge in [0.15, 0.2) is 16.6 Å². The summed E-state index contributed by atoms with van der Waals surface area (Å²) in [5.74, 6) is -0.349. The second-order valence-electron chi connectivity index (χ2n) is 30.1. The quantitative estimate of drug-likeness (QED) is 0.0535. The lowest BCUT2D eigenvalue weighted by atomic mass is 9.93. The molecule has 0 aromatic heterocycles. The zero-order valence-electron chi connectivity index (χ0n) is 57.3. The van der Waals surface area contributed by atoms with Crippen molar-refractivity contribution in [1.29, 1.82) is 0 Å². The van der Waals surface area contributed by atoms with Crippen LogP contribution in [-0.2, 0) is 36.0 Å². The van der Waals surface area contributed by atoms with Crippen molar-refractivity contribution in [3.05, 3.63) is 132 Å². The molecule has 4 rings (SSSR count). The Bertz CT molecular complexity index is 2800. The van der Waals surface area contributed by atoms with E-state index in [1.54, 1.807) is 24.3 Å². The maximum Gasteiger partial charge on any atom is 0.342 e. The Labute approximate surface area is 524 Å². The van der Waals surface area contributed by atoms with Gasteiger partial charge < -0.3 is 32.5 Å². The number of hydrogen-bond acceptors (Lipinski definition) is 10. The molecule has 1 N–H and O–H groups in total. The highest BCUT2D eigenvalue weighted by Gasteiger charge is 2.45. The molecule has 0 fully saturated rings. The van der Waals surface area contributed by atoms with Crippen LogP contribution in [0.1, 0.15) is 181 Å². The summed E-state index contributed by atoms with van der Waals surface area (Å²) in [5, 5.41) is 2.45. The zero-order chi connectivity index (χ0) is 64.9. The van der Waals surface area contributed by atoms with Crippen molar-refractivity contribution >= 4 is 57.1 Å². The van der Waals surface area contributed by atoms with E-state index in [1.807, 2.05) is 49.4 Å². The summed E-state index contributed by atoms with van der Waals surface area (Å²) in [4.78, 5) is 59.3. The average molecular weight is 1250 g/mol. The molecule has 478 valence electrons. The lowest BCUT2D eigenvalue weighted by Crippen LogP contribution is -2.46. The Morgan fingerprint density at radius 3 is 1.38 bits per heavy atom. The first-order valence-electron chi connectivity index (χ1n) is 31.6. The number of esters is 2. The highest BCUT2D eigenvalue weighted by atomic mass is 28.4. The summed E-state index contributed by atoms with van der Waals surface area (Å²) in [5.41, 5.74) is 2.46. The summed E-state index contributed by atoms with van der Waals surface area (Å²) >= 11 is 0. The molecule has 2 heterocycles. The Hall–Kier alpha value is -4.85. The topological polar surface area (TPSA) is 139 Å². The molecule has 2 aromatic rings. The van der Waals surface area contributed by atoms with Crippen molar-refractivity contribution < 1.29 is 46.4 Å². The fourth-order valence-electron chi connectivity index (χ4n) is 8.97. The molecule has 0 spiro atoms. The van der Waals surface area contributed by atoms with E-state index in [2.05, 4.69) is 179 Å². The SMILES string of the molecule is CCC=C/C=C\C(=O)N(/C=C/CC1C[C@@H](O[Si](C)(C)C(C)(C)C)[C@@H](C)C/C=C/Cc2cccc(O[Si](C)(C)C(C)(C)C)c2C(=O)O1)C(=O)N/C=C/C[C@H]1C[C@@H](O[Si](C)(C)C(C)(C)C)[C@@H](C)C/C=C/Cc2cccc(O[Si](C)(C)C(C)(C)C)c2C(=O)O1. The molecule has 0 bridgehead atoms. The van der Waals surface area contributed by atoms with Gasteiger partial charge in [0, 0.05) is 44.2 Å². The van der Waals surface area contributed by atoms with Gasteiger partial charge in [-0.05, 0) is 140 Å². The van der Waals surface area contributed by atoms with Crippen molar-refractivity contribution in [3.8, 4) is 11.5 Å². The number of nitrogens with zero attached hydrogens (tertiary/aromatic N) is 1. The zero-order valence-corrected chi connectivity index (χ0v) is 61.3. The number of amides is 3. The van der Waals surface area contributed by atoms with Crippen LogP contribution >= 0.6 is 0 Å². The van der Waals surface area contributed by atoms with Crippen LogP contribution in [0.25, 0.3) is 0 Å². The second-order valence-corrected chi connectivity index (χ2v) is 49.0. The van der Waals surface area contributed by atoms with Crippen molar-refractivity contribution in [2.45, 2.75) is 259 Å². The molecule has 2 aliphatic heterocycles. The van der Waals surface area contributed by atoms with E-state index in [1.165, 1.54) is 18.5 Å².